The first kappa shape index (κ1) is 16.9. The fourth-order valence-electron chi connectivity index (χ4n) is 2.98. The van der Waals surface area contributed by atoms with Crippen molar-refractivity contribution >= 4 is 23.2 Å². The van der Waals surface area contributed by atoms with E-state index in [0.717, 1.165) is 30.6 Å². The molecule has 1 fully saturated rings. The van der Waals surface area contributed by atoms with Gasteiger partial charge in [0.2, 0.25) is 5.91 Å². The van der Waals surface area contributed by atoms with Crippen LogP contribution in [0.1, 0.15) is 65.8 Å². The van der Waals surface area contributed by atoms with E-state index in [1.807, 2.05) is 18.9 Å². The lowest BCUT2D eigenvalue weighted by Crippen LogP contribution is -2.39. The van der Waals surface area contributed by atoms with E-state index in [1.165, 1.54) is 19.3 Å². The topological polar surface area (TPSA) is 70.5 Å². The molecule has 6 heteroatoms. The zero-order chi connectivity index (χ0) is 16.1. The second kappa shape index (κ2) is 7.72. The summed E-state index contributed by atoms with van der Waals surface area (Å²) < 4.78 is 0. The molecule has 22 heavy (non-hydrogen) atoms. The van der Waals surface area contributed by atoms with Gasteiger partial charge in [-0.1, -0.05) is 32.6 Å². The summed E-state index contributed by atoms with van der Waals surface area (Å²) in [6.07, 6.45) is 7.47. The maximum absolute atomic E-state index is 12.4. The highest BCUT2D eigenvalue weighted by Gasteiger charge is 2.24. The number of thiazole rings is 1. The van der Waals surface area contributed by atoms with Crippen LogP contribution in [0.25, 0.3) is 0 Å². The number of aromatic nitrogens is 1. The maximum Gasteiger partial charge on any atom is 0.347 e. The zero-order valence-corrected chi connectivity index (χ0v) is 14.1. The average Bonchev–Trinajstić information content (AvgIpc) is 2.90. The van der Waals surface area contributed by atoms with E-state index >= 15 is 0 Å². The van der Waals surface area contributed by atoms with Crippen molar-refractivity contribution in [3.05, 3.63) is 15.6 Å². The third-order valence-corrected chi connectivity index (χ3v) is 5.33. The van der Waals surface area contributed by atoms with Gasteiger partial charge < -0.3 is 10.0 Å². The highest BCUT2D eigenvalue weighted by molar-refractivity contribution is 7.13. The predicted molar refractivity (Wildman–Crippen MR) is 86.4 cm³/mol. The number of carbonyl (C=O) groups excluding carboxylic acids is 1. The molecule has 1 saturated carbocycles. The largest absolute Gasteiger partial charge is 0.477 e. The van der Waals surface area contributed by atoms with Crippen LogP contribution in [0.5, 0.6) is 0 Å². The number of amides is 1. The number of rotatable bonds is 6. The van der Waals surface area contributed by atoms with Crippen LogP contribution in [-0.4, -0.2) is 40.0 Å². The number of nitrogens with zero attached hydrogens (tertiary/aromatic N) is 2. The van der Waals surface area contributed by atoms with Crippen molar-refractivity contribution in [3.8, 4) is 0 Å². The van der Waals surface area contributed by atoms with Crippen molar-refractivity contribution in [3.63, 3.8) is 0 Å². The second-order valence-corrected chi connectivity index (χ2v) is 7.00. The van der Waals surface area contributed by atoms with E-state index in [0.29, 0.717) is 23.2 Å². The lowest BCUT2D eigenvalue weighted by Gasteiger charge is -2.31. The van der Waals surface area contributed by atoms with E-state index < -0.39 is 5.97 Å². The maximum atomic E-state index is 12.4. The van der Waals surface area contributed by atoms with Gasteiger partial charge in [-0.25, -0.2) is 9.78 Å². The van der Waals surface area contributed by atoms with Crippen molar-refractivity contribution < 1.29 is 14.7 Å². The van der Waals surface area contributed by atoms with Crippen LogP contribution in [-0.2, 0) is 17.6 Å². The molecule has 0 radical (unpaired) electrons. The molecule has 0 unspecified atom stereocenters. The van der Waals surface area contributed by atoms with Gasteiger partial charge in [0.25, 0.3) is 0 Å². The van der Waals surface area contributed by atoms with Crippen molar-refractivity contribution in [2.45, 2.75) is 64.3 Å². The minimum absolute atomic E-state index is 0.0423. The molecule has 1 aliphatic rings. The number of aryl methyl sites for hydroxylation is 1. The summed E-state index contributed by atoms with van der Waals surface area (Å²) in [6.45, 7) is 1.99. The van der Waals surface area contributed by atoms with E-state index in [9.17, 15) is 14.7 Å². The van der Waals surface area contributed by atoms with Gasteiger partial charge in [0.15, 0.2) is 0 Å². The van der Waals surface area contributed by atoms with E-state index in [2.05, 4.69) is 4.98 Å². The highest BCUT2D eigenvalue weighted by Crippen LogP contribution is 2.24. The molecule has 1 aliphatic carbocycles. The Bertz CT molecular complexity index is 535. The summed E-state index contributed by atoms with van der Waals surface area (Å²) in [5, 5.41) is 9.85. The molecule has 5 nitrogen and oxygen atoms in total. The Morgan fingerprint density at radius 1 is 1.32 bits per heavy atom. The predicted octanol–water partition coefficient (Wildman–Crippen LogP) is 3.13. The zero-order valence-electron chi connectivity index (χ0n) is 13.3. The monoisotopic (exact) mass is 324 g/mol. The van der Waals surface area contributed by atoms with E-state index in [-0.39, 0.29) is 17.2 Å². The fourth-order valence-corrected chi connectivity index (χ4v) is 3.92. The fraction of sp³-hybridized carbons (Fsp3) is 0.688. The van der Waals surface area contributed by atoms with Crippen LogP contribution in [0, 0.1) is 0 Å². The lowest BCUT2D eigenvalue weighted by molar-refractivity contribution is -0.131. The molecule has 1 aromatic rings. The summed E-state index contributed by atoms with van der Waals surface area (Å²) in [4.78, 5) is 30.2. The van der Waals surface area contributed by atoms with Gasteiger partial charge in [0, 0.05) is 13.1 Å². The number of likely N-dealkylation sites (N-methyl/N-ethyl adjacent to an activating group) is 1. The van der Waals surface area contributed by atoms with Gasteiger partial charge >= 0.3 is 5.97 Å². The average molecular weight is 324 g/mol. The molecule has 0 bridgehead atoms. The Hall–Kier alpha value is -1.43. The lowest BCUT2D eigenvalue weighted by atomic mass is 9.94. The minimum atomic E-state index is -0.944. The van der Waals surface area contributed by atoms with Crippen LogP contribution >= 0.6 is 11.3 Å². The van der Waals surface area contributed by atoms with Crippen LogP contribution in [0.3, 0.4) is 0 Å². The number of aromatic carboxylic acids is 1. The molecule has 0 aliphatic heterocycles. The molecule has 1 heterocycles. The summed E-state index contributed by atoms with van der Waals surface area (Å²) in [5.41, 5.74) is 0.614. The summed E-state index contributed by atoms with van der Waals surface area (Å²) >= 11 is 1.14. The number of hydrogen-bond acceptors (Lipinski definition) is 4. The van der Waals surface area contributed by atoms with Crippen LogP contribution in [0.4, 0.5) is 0 Å². The SMILES string of the molecule is CCCc1nc(CC(=O)N(C)C2CCCCC2)sc1C(=O)O. The van der Waals surface area contributed by atoms with Gasteiger partial charge in [-0.15, -0.1) is 11.3 Å². The first-order valence-electron chi connectivity index (χ1n) is 8.00. The summed E-state index contributed by atoms with van der Waals surface area (Å²) in [6, 6.07) is 0.329. The summed E-state index contributed by atoms with van der Waals surface area (Å²) in [5.74, 6) is -0.902. The smallest absolute Gasteiger partial charge is 0.347 e. The molecular weight excluding hydrogens is 300 g/mol. The van der Waals surface area contributed by atoms with Gasteiger partial charge in [-0.3, -0.25) is 4.79 Å². The number of carbonyl (C=O) groups is 2. The third kappa shape index (κ3) is 4.06. The first-order valence-corrected chi connectivity index (χ1v) is 8.82. The van der Waals surface area contributed by atoms with Gasteiger partial charge in [-0.05, 0) is 19.3 Å². The number of hydrogen-bond donors (Lipinski definition) is 1. The highest BCUT2D eigenvalue weighted by atomic mass is 32.1. The Labute approximate surface area is 135 Å². The van der Waals surface area contributed by atoms with Crippen molar-refractivity contribution in [1.82, 2.24) is 9.88 Å². The first-order chi connectivity index (χ1) is 10.5. The Morgan fingerprint density at radius 3 is 2.59 bits per heavy atom. The summed E-state index contributed by atoms with van der Waals surface area (Å²) in [7, 11) is 1.86. The van der Waals surface area contributed by atoms with E-state index in [4.69, 9.17) is 0 Å². The molecule has 122 valence electrons. The number of carboxylic acid groups (broad SMARTS) is 1. The minimum Gasteiger partial charge on any atom is -0.477 e. The van der Waals surface area contributed by atoms with Crippen molar-refractivity contribution in [1.29, 1.82) is 0 Å². The Morgan fingerprint density at radius 2 is 2.00 bits per heavy atom. The second-order valence-electron chi connectivity index (χ2n) is 5.91. The molecule has 2 rings (SSSR count). The standard InChI is InChI=1S/C16H24N2O3S/c1-3-7-12-15(16(20)21)22-13(17-12)10-14(19)18(2)11-8-5-4-6-9-11/h11H,3-10H2,1-2H3,(H,20,21). The van der Waals surface area contributed by atoms with Crippen LogP contribution in [0.15, 0.2) is 0 Å². The van der Waals surface area contributed by atoms with Gasteiger partial charge in [-0.2, -0.15) is 0 Å². The van der Waals surface area contributed by atoms with Crippen LogP contribution < -0.4 is 0 Å². The molecule has 1 N–H and O–H groups in total. The molecule has 1 amide bonds. The number of carboxylic acids is 1. The molecule has 0 aromatic carbocycles. The molecule has 0 atom stereocenters. The van der Waals surface area contributed by atoms with Gasteiger partial charge in [0.05, 0.1) is 12.1 Å². The quantitative estimate of drug-likeness (QED) is 0.873. The molecule has 0 spiro atoms. The third-order valence-electron chi connectivity index (χ3n) is 4.24. The molecule has 1 aromatic heterocycles. The van der Waals surface area contributed by atoms with Crippen molar-refractivity contribution in [2.75, 3.05) is 7.05 Å². The Kier molecular flexibility index (Phi) is 5.94. The molecular formula is C16H24N2O3S. The van der Waals surface area contributed by atoms with Crippen LogP contribution in [0.2, 0.25) is 0 Å². The van der Waals surface area contributed by atoms with Crippen molar-refractivity contribution in [2.24, 2.45) is 0 Å². The van der Waals surface area contributed by atoms with Gasteiger partial charge in [0.1, 0.15) is 9.88 Å². The molecule has 0 saturated heterocycles. The normalized spacial score (nSPS) is 15.7. The Balaban J connectivity index is 2.04. The van der Waals surface area contributed by atoms with E-state index in [1.54, 1.807) is 0 Å².